The smallest absolute Gasteiger partial charge is 0.410 e. The van der Waals surface area contributed by atoms with Gasteiger partial charge in [0.25, 0.3) is 0 Å². The lowest BCUT2D eigenvalue weighted by Crippen LogP contribution is -2.06. The van der Waals surface area contributed by atoms with Crippen LogP contribution in [0.2, 0.25) is 0 Å². The van der Waals surface area contributed by atoms with E-state index in [0.29, 0.717) is 0 Å². The molecular weight excluding hydrogens is 142 g/mol. The zero-order valence-electron chi connectivity index (χ0n) is 4.24. The van der Waals surface area contributed by atoms with Gasteiger partial charge in [-0.2, -0.15) is 8.75 Å². The number of amides is 1. The van der Waals surface area contributed by atoms with E-state index in [1.165, 1.54) is 6.20 Å². The maximum atomic E-state index is 9.89. The third-order valence-corrected chi connectivity index (χ3v) is 1.07. The average Bonchev–Trinajstić information content (AvgIpc) is 2.15. The molecule has 0 saturated carbocycles. The first-order valence-corrected chi connectivity index (χ1v) is 2.79. The number of nitrogens with one attached hydrogen (secondary N) is 1. The summed E-state index contributed by atoms with van der Waals surface area (Å²) in [7, 11) is 0. The van der Waals surface area contributed by atoms with Crippen molar-refractivity contribution in [2.24, 2.45) is 0 Å². The first-order chi connectivity index (χ1) is 4.29. The minimum Gasteiger partial charge on any atom is -0.465 e. The van der Waals surface area contributed by atoms with Gasteiger partial charge in [0.1, 0.15) is 0 Å². The van der Waals surface area contributed by atoms with Crippen LogP contribution in [0.25, 0.3) is 0 Å². The number of anilines is 1. The molecule has 0 aliphatic heterocycles. The average molecular weight is 145 g/mol. The van der Waals surface area contributed by atoms with Gasteiger partial charge < -0.3 is 5.11 Å². The Labute approximate surface area is 54.7 Å². The van der Waals surface area contributed by atoms with Crippen molar-refractivity contribution in [1.82, 2.24) is 8.75 Å². The predicted molar refractivity (Wildman–Crippen MR) is 31.6 cm³/mol. The molecule has 0 aliphatic carbocycles. The second kappa shape index (κ2) is 2.40. The van der Waals surface area contributed by atoms with Crippen LogP contribution < -0.4 is 5.32 Å². The van der Waals surface area contributed by atoms with Crippen LogP contribution in [-0.2, 0) is 0 Å². The quantitative estimate of drug-likeness (QED) is 0.607. The summed E-state index contributed by atoms with van der Waals surface area (Å²) < 4.78 is 7.17. The molecule has 0 bridgehead atoms. The summed E-state index contributed by atoms with van der Waals surface area (Å²) >= 11 is 0.956. The first-order valence-electron chi connectivity index (χ1n) is 2.06. The van der Waals surface area contributed by atoms with E-state index >= 15 is 0 Å². The van der Waals surface area contributed by atoms with E-state index in [1.807, 2.05) is 5.32 Å². The standard InChI is InChI=1S/C3H3N3O2S/c7-3(8)5-2-1-4-9-6-2/h1H,(H,5,6)(H,7,8). The van der Waals surface area contributed by atoms with Crippen molar-refractivity contribution in [3.05, 3.63) is 6.20 Å². The molecule has 0 aromatic carbocycles. The lowest BCUT2D eigenvalue weighted by molar-refractivity contribution is 0.209. The van der Waals surface area contributed by atoms with Crippen LogP contribution in [0.1, 0.15) is 0 Å². The molecule has 1 rings (SSSR count). The third kappa shape index (κ3) is 1.65. The van der Waals surface area contributed by atoms with Crippen LogP contribution in [0.3, 0.4) is 0 Å². The Morgan fingerprint density at radius 3 is 3.11 bits per heavy atom. The van der Waals surface area contributed by atoms with Gasteiger partial charge >= 0.3 is 6.09 Å². The van der Waals surface area contributed by atoms with E-state index in [4.69, 9.17) is 5.11 Å². The van der Waals surface area contributed by atoms with Gasteiger partial charge in [-0.25, -0.2) is 4.79 Å². The van der Waals surface area contributed by atoms with E-state index in [-0.39, 0.29) is 5.82 Å². The van der Waals surface area contributed by atoms with Gasteiger partial charge in [-0.1, -0.05) is 0 Å². The minimum absolute atomic E-state index is 0.271. The van der Waals surface area contributed by atoms with Crippen LogP contribution in [0.5, 0.6) is 0 Å². The van der Waals surface area contributed by atoms with E-state index in [9.17, 15) is 4.79 Å². The molecule has 0 atom stereocenters. The zero-order chi connectivity index (χ0) is 6.69. The van der Waals surface area contributed by atoms with Crippen LogP contribution in [0.15, 0.2) is 6.20 Å². The van der Waals surface area contributed by atoms with Crippen LogP contribution in [0, 0.1) is 0 Å². The summed E-state index contributed by atoms with van der Waals surface area (Å²) in [5.74, 6) is 0.271. The van der Waals surface area contributed by atoms with Gasteiger partial charge in [-0.05, 0) is 0 Å². The number of hydrogen-bond acceptors (Lipinski definition) is 4. The minimum atomic E-state index is -1.12. The maximum absolute atomic E-state index is 9.89. The molecule has 0 fully saturated rings. The van der Waals surface area contributed by atoms with E-state index in [2.05, 4.69) is 8.75 Å². The molecule has 1 aromatic heterocycles. The Hall–Kier alpha value is -1.17. The Morgan fingerprint density at radius 1 is 1.89 bits per heavy atom. The fraction of sp³-hybridized carbons (Fsp3) is 0. The number of carbonyl (C=O) groups is 1. The van der Waals surface area contributed by atoms with Gasteiger partial charge in [0.15, 0.2) is 5.82 Å². The predicted octanol–water partition coefficient (Wildman–Crippen LogP) is 0.628. The number of carboxylic acid groups (broad SMARTS) is 1. The number of rotatable bonds is 1. The molecule has 6 heteroatoms. The highest BCUT2D eigenvalue weighted by Gasteiger charge is 1.97. The molecule has 0 spiro atoms. The Morgan fingerprint density at radius 2 is 2.67 bits per heavy atom. The maximum Gasteiger partial charge on any atom is 0.410 e. The van der Waals surface area contributed by atoms with Crippen molar-refractivity contribution in [2.45, 2.75) is 0 Å². The normalized spacial score (nSPS) is 8.89. The second-order valence-electron chi connectivity index (χ2n) is 1.22. The lowest BCUT2D eigenvalue weighted by atomic mass is 10.7. The number of nitrogens with zero attached hydrogens (tertiary/aromatic N) is 2. The lowest BCUT2D eigenvalue weighted by Gasteiger charge is -1.88. The first kappa shape index (κ1) is 5.96. The molecule has 5 nitrogen and oxygen atoms in total. The van der Waals surface area contributed by atoms with Crippen molar-refractivity contribution in [3.63, 3.8) is 0 Å². The molecule has 48 valence electrons. The summed E-state index contributed by atoms with van der Waals surface area (Å²) in [5.41, 5.74) is 0. The second-order valence-corrected chi connectivity index (χ2v) is 1.78. The van der Waals surface area contributed by atoms with Crippen LogP contribution >= 0.6 is 11.7 Å². The zero-order valence-corrected chi connectivity index (χ0v) is 5.05. The van der Waals surface area contributed by atoms with Crippen molar-refractivity contribution in [2.75, 3.05) is 5.32 Å². The molecule has 1 heterocycles. The van der Waals surface area contributed by atoms with Crippen molar-refractivity contribution < 1.29 is 9.90 Å². The molecule has 0 radical (unpaired) electrons. The molecule has 1 amide bonds. The monoisotopic (exact) mass is 145 g/mol. The van der Waals surface area contributed by atoms with E-state index < -0.39 is 6.09 Å². The van der Waals surface area contributed by atoms with Gasteiger partial charge in [-0.15, -0.1) is 0 Å². The van der Waals surface area contributed by atoms with Gasteiger partial charge in [0, 0.05) is 0 Å². The highest BCUT2D eigenvalue weighted by Crippen LogP contribution is 1.99. The summed E-state index contributed by atoms with van der Waals surface area (Å²) in [6, 6.07) is 0. The topological polar surface area (TPSA) is 75.1 Å². The fourth-order valence-electron chi connectivity index (χ4n) is 0.329. The molecule has 2 N–H and O–H groups in total. The molecule has 0 saturated heterocycles. The molecule has 9 heavy (non-hydrogen) atoms. The van der Waals surface area contributed by atoms with Gasteiger partial charge in [-0.3, -0.25) is 5.32 Å². The Kier molecular flexibility index (Phi) is 1.59. The molecule has 0 unspecified atom stereocenters. The van der Waals surface area contributed by atoms with Crippen LogP contribution in [-0.4, -0.2) is 19.9 Å². The number of hydrogen-bond donors (Lipinski definition) is 2. The summed E-state index contributed by atoms with van der Waals surface area (Å²) in [6.45, 7) is 0. The highest BCUT2D eigenvalue weighted by molar-refractivity contribution is 6.99. The SMILES string of the molecule is O=C(O)Nc1cnsn1. The van der Waals surface area contributed by atoms with E-state index in [0.717, 1.165) is 11.7 Å². The molecule has 0 aliphatic rings. The Balaban J connectivity index is 2.58. The Bertz CT molecular complexity index is 197. The highest BCUT2D eigenvalue weighted by atomic mass is 32.1. The van der Waals surface area contributed by atoms with E-state index in [1.54, 1.807) is 0 Å². The van der Waals surface area contributed by atoms with Crippen molar-refractivity contribution in [1.29, 1.82) is 0 Å². The summed E-state index contributed by atoms with van der Waals surface area (Å²) in [6.07, 6.45) is 0.224. The third-order valence-electron chi connectivity index (χ3n) is 0.596. The van der Waals surface area contributed by atoms with Crippen molar-refractivity contribution >= 4 is 23.6 Å². The summed E-state index contributed by atoms with van der Waals surface area (Å²) in [4.78, 5) is 9.89. The largest absolute Gasteiger partial charge is 0.465 e. The summed E-state index contributed by atoms with van der Waals surface area (Å²) in [5, 5.41) is 10.1. The van der Waals surface area contributed by atoms with Gasteiger partial charge in [0.2, 0.25) is 0 Å². The molecule has 1 aromatic rings. The van der Waals surface area contributed by atoms with Crippen LogP contribution in [0.4, 0.5) is 10.6 Å². The van der Waals surface area contributed by atoms with Gasteiger partial charge in [0.05, 0.1) is 17.9 Å². The molecular formula is C3H3N3O2S. The fourth-order valence-corrected chi connectivity index (χ4v) is 0.704. The van der Waals surface area contributed by atoms with Crippen molar-refractivity contribution in [3.8, 4) is 0 Å². The number of aromatic nitrogens is 2.